The lowest BCUT2D eigenvalue weighted by Crippen LogP contribution is -2.29. The minimum absolute atomic E-state index is 0.408. The molecule has 0 aromatic heterocycles. The molecule has 1 N–H and O–H groups in total. The molecule has 1 aromatic carbocycles. The van der Waals surface area contributed by atoms with E-state index >= 15 is 0 Å². The van der Waals surface area contributed by atoms with Crippen molar-refractivity contribution >= 4 is 0 Å². The van der Waals surface area contributed by atoms with Crippen molar-refractivity contribution in [2.75, 3.05) is 33.3 Å². The highest BCUT2D eigenvalue weighted by Crippen LogP contribution is 2.22. The van der Waals surface area contributed by atoms with E-state index in [-0.39, 0.29) is 0 Å². The van der Waals surface area contributed by atoms with Gasteiger partial charge in [-0.25, -0.2) is 0 Å². The fraction of sp³-hybridized carbons (Fsp3) is 0.647. The second kappa shape index (κ2) is 9.78. The van der Waals surface area contributed by atoms with E-state index in [4.69, 9.17) is 4.74 Å². The first-order chi connectivity index (χ1) is 9.74. The van der Waals surface area contributed by atoms with Crippen LogP contribution < -0.4 is 10.1 Å². The highest BCUT2D eigenvalue weighted by atomic mass is 16.5. The second-order valence-electron chi connectivity index (χ2n) is 5.10. The van der Waals surface area contributed by atoms with Crippen molar-refractivity contribution in [1.29, 1.82) is 0 Å². The summed E-state index contributed by atoms with van der Waals surface area (Å²) in [5, 5.41) is 3.66. The predicted molar refractivity (Wildman–Crippen MR) is 86.4 cm³/mol. The molecule has 0 heterocycles. The fourth-order valence-corrected chi connectivity index (χ4v) is 2.41. The Morgan fingerprint density at radius 3 is 2.55 bits per heavy atom. The summed E-state index contributed by atoms with van der Waals surface area (Å²) in [7, 11) is 1.73. The first-order valence-corrected chi connectivity index (χ1v) is 7.84. The molecule has 1 unspecified atom stereocenters. The lowest BCUT2D eigenvalue weighted by Gasteiger charge is -2.24. The van der Waals surface area contributed by atoms with E-state index in [1.54, 1.807) is 7.11 Å². The van der Waals surface area contributed by atoms with Crippen LogP contribution in [0.4, 0.5) is 0 Å². The highest BCUT2D eigenvalue weighted by Gasteiger charge is 2.12. The van der Waals surface area contributed by atoms with Gasteiger partial charge < -0.3 is 15.0 Å². The lowest BCUT2D eigenvalue weighted by atomic mass is 10.0. The summed E-state index contributed by atoms with van der Waals surface area (Å²) in [5.74, 6) is 0.939. The van der Waals surface area contributed by atoms with Crippen LogP contribution in [0.2, 0.25) is 0 Å². The highest BCUT2D eigenvalue weighted by molar-refractivity contribution is 5.30. The van der Waals surface area contributed by atoms with E-state index in [1.807, 2.05) is 6.07 Å². The predicted octanol–water partition coefficient (Wildman–Crippen LogP) is 3.47. The monoisotopic (exact) mass is 278 g/mol. The van der Waals surface area contributed by atoms with Crippen molar-refractivity contribution in [3.63, 3.8) is 0 Å². The molecule has 0 aliphatic carbocycles. The summed E-state index contributed by atoms with van der Waals surface area (Å²) >= 11 is 0. The molecule has 0 aliphatic heterocycles. The molecular weight excluding hydrogens is 248 g/mol. The molecule has 0 radical (unpaired) electrons. The van der Waals surface area contributed by atoms with Crippen molar-refractivity contribution in [3.05, 3.63) is 29.8 Å². The van der Waals surface area contributed by atoms with Gasteiger partial charge in [0.2, 0.25) is 0 Å². The van der Waals surface area contributed by atoms with Crippen LogP contribution >= 0.6 is 0 Å². The first-order valence-electron chi connectivity index (χ1n) is 7.84. The Hall–Kier alpha value is -1.06. The molecule has 0 bridgehead atoms. The van der Waals surface area contributed by atoms with Crippen molar-refractivity contribution in [3.8, 4) is 5.75 Å². The maximum absolute atomic E-state index is 5.34. The second-order valence-corrected chi connectivity index (χ2v) is 5.10. The summed E-state index contributed by atoms with van der Waals surface area (Å²) < 4.78 is 5.34. The van der Waals surface area contributed by atoms with Crippen molar-refractivity contribution in [2.45, 2.75) is 39.7 Å². The molecule has 114 valence electrons. The van der Waals surface area contributed by atoms with Crippen LogP contribution in [0.15, 0.2) is 24.3 Å². The Bertz CT molecular complexity index is 364. The van der Waals surface area contributed by atoms with Gasteiger partial charge in [-0.3, -0.25) is 0 Å². The Labute approximate surface area is 124 Å². The summed E-state index contributed by atoms with van der Waals surface area (Å²) in [6.45, 7) is 11.1. The number of ether oxygens (including phenoxy) is 1. The number of hydrogen-bond donors (Lipinski definition) is 1. The number of hydrogen-bond acceptors (Lipinski definition) is 3. The Kier molecular flexibility index (Phi) is 8.31. The van der Waals surface area contributed by atoms with E-state index in [0.717, 1.165) is 44.8 Å². The van der Waals surface area contributed by atoms with Gasteiger partial charge in [0, 0.05) is 6.04 Å². The molecule has 0 saturated carbocycles. The molecule has 1 aromatic rings. The summed E-state index contributed by atoms with van der Waals surface area (Å²) in [5.41, 5.74) is 1.32. The van der Waals surface area contributed by atoms with Gasteiger partial charge in [-0.05, 0) is 56.7 Å². The molecular formula is C17H30N2O. The Morgan fingerprint density at radius 2 is 1.95 bits per heavy atom. The van der Waals surface area contributed by atoms with Crippen LogP contribution in [0.1, 0.15) is 45.2 Å². The van der Waals surface area contributed by atoms with Crippen molar-refractivity contribution < 1.29 is 4.74 Å². The summed E-state index contributed by atoms with van der Waals surface area (Å²) in [6, 6.07) is 8.83. The maximum atomic E-state index is 5.34. The third-order valence-electron chi connectivity index (χ3n) is 3.77. The zero-order chi connectivity index (χ0) is 14.8. The van der Waals surface area contributed by atoms with Crippen LogP contribution in [0.25, 0.3) is 0 Å². The molecule has 0 amide bonds. The average Bonchev–Trinajstić information content (AvgIpc) is 2.51. The van der Waals surface area contributed by atoms with Gasteiger partial charge in [0.25, 0.3) is 0 Å². The topological polar surface area (TPSA) is 24.5 Å². The van der Waals surface area contributed by atoms with Crippen LogP contribution in [0, 0.1) is 0 Å². The SMILES string of the molecule is CCCNC(CCN(CC)CC)c1cccc(OC)c1. The first kappa shape index (κ1) is 17.0. The largest absolute Gasteiger partial charge is 0.497 e. The average molecular weight is 278 g/mol. The van der Waals surface area contributed by atoms with Crippen molar-refractivity contribution in [2.24, 2.45) is 0 Å². The summed E-state index contributed by atoms with van der Waals surface area (Å²) in [4.78, 5) is 2.47. The standard InChI is InChI=1S/C17H30N2O/c1-5-12-18-17(11-13-19(6-2)7-3)15-9-8-10-16(14-15)20-4/h8-10,14,17-18H,5-7,11-13H2,1-4H3. The van der Waals surface area contributed by atoms with E-state index in [2.05, 4.69) is 49.2 Å². The fourth-order valence-electron chi connectivity index (χ4n) is 2.41. The minimum Gasteiger partial charge on any atom is -0.497 e. The lowest BCUT2D eigenvalue weighted by molar-refractivity contribution is 0.281. The van der Waals surface area contributed by atoms with Crippen LogP contribution in [-0.2, 0) is 0 Å². The molecule has 0 saturated heterocycles. The Morgan fingerprint density at radius 1 is 1.20 bits per heavy atom. The molecule has 3 nitrogen and oxygen atoms in total. The third-order valence-corrected chi connectivity index (χ3v) is 3.77. The van der Waals surface area contributed by atoms with E-state index < -0.39 is 0 Å². The molecule has 1 rings (SSSR count). The van der Waals surface area contributed by atoms with Gasteiger partial charge in [0.1, 0.15) is 5.75 Å². The van der Waals surface area contributed by atoms with Gasteiger partial charge in [-0.1, -0.05) is 32.9 Å². The van der Waals surface area contributed by atoms with Gasteiger partial charge in [0.05, 0.1) is 7.11 Å². The van der Waals surface area contributed by atoms with Crippen LogP contribution in [0.5, 0.6) is 5.75 Å². The molecule has 20 heavy (non-hydrogen) atoms. The third kappa shape index (κ3) is 5.51. The number of benzene rings is 1. The zero-order valence-corrected chi connectivity index (χ0v) is 13.5. The van der Waals surface area contributed by atoms with Crippen LogP contribution in [0.3, 0.4) is 0 Å². The summed E-state index contributed by atoms with van der Waals surface area (Å²) in [6.07, 6.45) is 2.29. The van der Waals surface area contributed by atoms with Crippen molar-refractivity contribution in [1.82, 2.24) is 10.2 Å². The van der Waals surface area contributed by atoms with Gasteiger partial charge in [-0.2, -0.15) is 0 Å². The smallest absolute Gasteiger partial charge is 0.119 e. The van der Waals surface area contributed by atoms with E-state index in [1.165, 1.54) is 5.56 Å². The molecule has 1 atom stereocenters. The zero-order valence-electron chi connectivity index (χ0n) is 13.5. The number of methoxy groups -OCH3 is 1. The molecule has 3 heteroatoms. The van der Waals surface area contributed by atoms with Gasteiger partial charge in [0.15, 0.2) is 0 Å². The van der Waals surface area contributed by atoms with Crippen LogP contribution in [-0.4, -0.2) is 38.2 Å². The molecule has 0 spiro atoms. The maximum Gasteiger partial charge on any atom is 0.119 e. The number of nitrogens with zero attached hydrogens (tertiary/aromatic N) is 1. The van der Waals surface area contributed by atoms with E-state index in [9.17, 15) is 0 Å². The molecule has 0 fully saturated rings. The number of rotatable bonds is 10. The molecule has 0 aliphatic rings. The quantitative estimate of drug-likeness (QED) is 0.709. The Balaban J connectivity index is 2.71. The minimum atomic E-state index is 0.408. The van der Waals surface area contributed by atoms with Gasteiger partial charge >= 0.3 is 0 Å². The van der Waals surface area contributed by atoms with Gasteiger partial charge in [-0.15, -0.1) is 0 Å². The normalized spacial score (nSPS) is 12.7. The number of nitrogens with one attached hydrogen (secondary N) is 1. The van der Waals surface area contributed by atoms with E-state index in [0.29, 0.717) is 6.04 Å².